The summed E-state index contributed by atoms with van der Waals surface area (Å²) in [6.45, 7) is 0. The van der Waals surface area contributed by atoms with E-state index in [4.69, 9.17) is 9.97 Å². The van der Waals surface area contributed by atoms with Crippen LogP contribution in [-0.4, -0.2) is 20.6 Å². The van der Waals surface area contributed by atoms with E-state index < -0.39 is 0 Å². The minimum absolute atomic E-state index is 0.0129. The van der Waals surface area contributed by atoms with E-state index in [1.165, 1.54) is 43.7 Å². The topological polar surface area (TPSA) is 34.0 Å². The van der Waals surface area contributed by atoms with Gasteiger partial charge in [-0.05, 0) is 35.4 Å². The number of aromatic nitrogens is 3. The molecule has 0 spiro atoms. The van der Waals surface area contributed by atoms with Gasteiger partial charge >= 0.3 is 0 Å². The van der Waals surface area contributed by atoms with Crippen molar-refractivity contribution in [2.24, 2.45) is 0 Å². The van der Waals surface area contributed by atoms with Gasteiger partial charge in [0, 0.05) is 38.4 Å². The fourth-order valence-electron chi connectivity index (χ4n) is 7.73. The first-order valence-electron chi connectivity index (χ1n) is 15.8. The second-order valence-corrected chi connectivity index (χ2v) is 12.2. The number of fused-ring (bicyclic) bond motifs is 7. The lowest BCUT2D eigenvalue weighted by molar-refractivity contribution is 0.560. The van der Waals surface area contributed by atoms with Crippen molar-refractivity contribution >= 4 is 34.1 Å². The third kappa shape index (κ3) is 3.61. The summed E-state index contributed by atoms with van der Waals surface area (Å²) in [4.78, 5) is 13.1. The lowest BCUT2D eigenvalue weighted by atomic mass is 9.94. The number of hydrogen-bond acceptors (Lipinski definition) is 3. The fourth-order valence-corrected chi connectivity index (χ4v) is 7.73. The largest absolute Gasteiger partial charge is 0.331 e. The Balaban J connectivity index is 1.28. The molecule has 5 aromatic carbocycles. The van der Waals surface area contributed by atoms with Gasteiger partial charge in [0.15, 0.2) is 0 Å². The average molecular weight is 589 g/mol. The van der Waals surface area contributed by atoms with Gasteiger partial charge in [-0.1, -0.05) is 133 Å². The molecule has 5 heterocycles. The zero-order chi connectivity index (χ0) is 30.2. The van der Waals surface area contributed by atoms with Crippen LogP contribution >= 0.6 is 0 Å². The normalized spacial score (nSPS) is 17.1. The molecule has 0 radical (unpaired) electrons. The van der Waals surface area contributed by atoms with Gasteiger partial charge in [-0.3, -0.25) is 4.90 Å². The predicted molar refractivity (Wildman–Crippen MR) is 187 cm³/mol. The molecule has 2 aromatic heterocycles. The highest BCUT2D eigenvalue weighted by atomic mass is 15.3. The Morgan fingerprint density at radius 3 is 1.83 bits per heavy atom. The minimum Gasteiger partial charge on any atom is -0.331 e. The lowest BCUT2D eigenvalue weighted by Gasteiger charge is -2.30. The lowest BCUT2D eigenvalue weighted by Crippen LogP contribution is -2.37. The Hall–Kier alpha value is -6.00. The standard InChI is InChI=1S/C42H28N4/c1-4-13-27(14-5-1)30-23-24-37-33(25-30)39-40-32-20-11-10-19-31(32)36-21-12-22-38(45(36)40)41(39)46(37)42-43-34(28-15-6-2-7-16-28)26-35(44-42)29-17-8-3-9-18-29/h1-26,38,41H. The summed E-state index contributed by atoms with van der Waals surface area (Å²) in [6, 6.07) is 49.5. The molecule has 0 fully saturated rings. The number of hydrogen-bond donors (Lipinski definition) is 0. The summed E-state index contributed by atoms with van der Waals surface area (Å²) in [7, 11) is 0. The first-order chi connectivity index (χ1) is 22.8. The highest BCUT2D eigenvalue weighted by molar-refractivity contribution is 5.99. The molecular weight excluding hydrogens is 560 g/mol. The van der Waals surface area contributed by atoms with Crippen LogP contribution in [0.3, 0.4) is 0 Å². The maximum Gasteiger partial charge on any atom is 0.231 e. The second-order valence-electron chi connectivity index (χ2n) is 12.2. The van der Waals surface area contributed by atoms with E-state index in [0.717, 1.165) is 28.2 Å². The SMILES string of the molecule is C1=CC2C3C(=c4c5ccccc5c(n42)=C1)c1cc(-c2ccccc2)ccc1N3c1nc(-c2ccccc2)cc(-c2ccccc2)n1. The summed E-state index contributed by atoms with van der Waals surface area (Å²) >= 11 is 0. The van der Waals surface area contributed by atoms with Gasteiger partial charge in [0.05, 0.1) is 34.5 Å². The Morgan fingerprint density at radius 2 is 1.15 bits per heavy atom. The van der Waals surface area contributed by atoms with Gasteiger partial charge in [0.1, 0.15) is 0 Å². The summed E-state index contributed by atoms with van der Waals surface area (Å²) in [5.74, 6) is 0.716. The van der Waals surface area contributed by atoms with Crippen LogP contribution in [-0.2, 0) is 0 Å². The summed E-state index contributed by atoms with van der Waals surface area (Å²) < 4.78 is 2.55. The van der Waals surface area contributed by atoms with E-state index in [1.807, 2.05) is 12.1 Å². The quantitative estimate of drug-likeness (QED) is 0.209. The molecule has 0 N–H and O–H groups in total. The number of nitrogens with zero attached hydrogens (tertiary/aromatic N) is 4. The van der Waals surface area contributed by atoms with E-state index in [9.17, 15) is 0 Å². The zero-order valence-electron chi connectivity index (χ0n) is 25.0. The maximum absolute atomic E-state index is 5.33. The molecule has 0 saturated carbocycles. The molecule has 4 heteroatoms. The highest BCUT2D eigenvalue weighted by Gasteiger charge is 2.47. The number of allylic oxidation sites excluding steroid dienone is 1. The molecule has 0 bridgehead atoms. The van der Waals surface area contributed by atoms with E-state index >= 15 is 0 Å². The summed E-state index contributed by atoms with van der Waals surface area (Å²) in [5, 5.41) is 5.16. The van der Waals surface area contributed by atoms with Crippen LogP contribution in [0.5, 0.6) is 0 Å². The molecule has 2 atom stereocenters. The third-order valence-electron chi connectivity index (χ3n) is 9.69. The Labute approximate surface area is 266 Å². The predicted octanol–water partition coefficient (Wildman–Crippen LogP) is 8.06. The van der Waals surface area contributed by atoms with Crippen molar-refractivity contribution < 1.29 is 0 Å². The van der Waals surface area contributed by atoms with Gasteiger partial charge in [-0.2, -0.15) is 0 Å². The van der Waals surface area contributed by atoms with Crippen LogP contribution in [0.2, 0.25) is 0 Å². The van der Waals surface area contributed by atoms with E-state index in [2.05, 4.69) is 155 Å². The van der Waals surface area contributed by atoms with Crippen molar-refractivity contribution in [1.29, 1.82) is 0 Å². The summed E-state index contributed by atoms with van der Waals surface area (Å²) in [6.07, 6.45) is 6.84. The van der Waals surface area contributed by atoms with E-state index in [1.54, 1.807) is 0 Å². The van der Waals surface area contributed by atoms with Gasteiger partial charge in [-0.15, -0.1) is 0 Å². The highest BCUT2D eigenvalue weighted by Crippen LogP contribution is 2.50. The molecule has 0 aliphatic carbocycles. The molecule has 3 aliphatic heterocycles. The van der Waals surface area contributed by atoms with Gasteiger partial charge in [0.25, 0.3) is 0 Å². The van der Waals surface area contributed by atoms with Crippen molar-refractivity contribution in [3.8, 4) is 33.6 Å². The fraction of sp³-hybridized carbons (Fsp3) is 0.0476. The molecule has 0 amide bonds. The molecule has 7 aromatic rings. The molecule has 2 unspecified atom stereocenters. The second kappa shape index (κ2) is 9.75. The van der Waals surface area contributed by atoms with Gasteiger partial charge in [-0.25, -0.2) is 9.97 Å². The smallest absolute Gasteiger partial charge is 0.231 e. The van der Waals surface area contributed by atoms with E-state index in [-0.39, 0.29) is 12.1 Å². The molecule has 0 saturated heterocycles. The Bertz CT molecular complexity index is 2420. The third-order valence-corrected chi connectivity index (χ3v) is 9.69. The monoisotopic (exact) mass is 588 g/mol. The van der Waals surface area contributed by atoms with Gasteiger partial charge in [0.2, 0.25) is 5.95 Å². The molecule has 3 aliphatic rings. The molecular formula is C42H28N4. The number of rotatable bonds is 4. The van der Waals surface area contributed by atoms with Crippen molar-refractivity contribution in [1.82, 2.24) is 14.5 Å². The van der Waals surface area contributed by atoms with Gasteiger partial charge < -0.3 is 4.57 Å². The van der Waals surface area contributed by atoms with Crippen LogP contribution in [0.4, 0.5) is 11.6 Å². The minimum atomic E-state index is 0.0129. The average Bonchev–Trinajstić information content (AvgIpc) is 3.77. The van der Waals surface area contributed by atoms with Crippen molar-refractivity contribution in [2.75, 3.05) is 4.90 Å². The molecule has 10 rings (SSSR count). The van der Waals surface area contributed by atoms with Crippen LogP contribution in [0.1, 0.15) is 11.6 Å². The van der Waals surface area contributed by atoms with Crippen molar-refractivity contribution in [3.05, 3.63) is 168 Å². The van der Waals surface area contributed by atoms with E-state index in [0.29, 0.717) is 5.95 Å². The Kier molecular flexibility index (Phi) is 5.37. The first kappa shape index (κ1) is 25.3. The van der Waals surface area contributed by atoms with Crippen LogP contribution in [0.15, 0.2) is 152 Å². The zero-order valence-corrected chi connectivity index (χ0v) is 25.0. The molecule has 216 valence electrons. The van der Waals surface area contributed by atoms with Crippen LogP contribution < -0.4 is 15.6 Å². The molecule has 4 nitrogen and oxygen atoms in total. The van der Waals surface area contributed by atoms with Crippen molar-refractivity contribution in [2.45, 2.75) is 12.1 Å². The van der Waals surface area contributed by atoms with Crippen molar-refractivity contribution in [3.63, 3.8) is 0 Å². The number of anilines is 2. The summed E-state index contributed by atoms with van der Waals surface area (Å²) in [5.41, 5.74) is 10.1. The number of benzene rings is 5. The van der Waals surface area contributed by atoms with Crippen LogP contribution in [0.25, 0.3) is 56.1 Å². The molecule has 46 heavy (non-hydrogen) atoms. The Morgan fingerprint density at radius 1 is 0.543 bits per heavy atom. The maximum atomic E-state index is 5.33. The van der Waals surface area contributed by atoms with Crippen LogP contribution in [0, 0.1) is 0 Å². The first-order valence-corrected chi connectivity index (χ1v) is 15.8.